The summed E-state index contributed by atoms with van der Waals surface area (Å²) in [7, 11) is 0. The molecule has 64 heavy (non-hydrogen) atoms. The van der Waals surface area contributed by atoms with Gasteiger partial charge in [0.2, 0.25) is 0 Å². The van der Waals surface area contributed by atoms with Gasteiger partial charge in [-0.05, 0) is 99.5 Å². The summed E-state index contributed by atoms with van der Waals surface area (Å²) in [4.78, 5) is 88.1. The molecule has 9 rings (SSSR count). The number of amides is 3. The Hall–Kier alpha value is -8.72. The molecule has 15 heteroatoms. The van der Waals surface area contributed by atoms with Crippen molar-refractivity contribution in [1.82, 2.24) is 39.9 Å². The molecule has 8 bridgehead atoms. The van der Waals surface area contributed by atoms with Crippen LogP contribution < -0.4 is 16.0 Å². The first-order valence-electron chi connectivity index (χ1n) is 20.1. The predicted molar refractivity (Wildman–Crippen MR) is 250 cm³/mol. The van der Waals surface area contributed by atoms with Crippen molar-refractivity contribution in [1.29, 1.82) is 0 Å². The Balaban J connectivity index is 1.38. The monoisotopic (exact) mass is 845 g/mol. The molecule has 5 heterocycles. The first-order chi connectivity index (χ1) is 30.6. The van der Waals surface area contributed by atoms with Crippen LogP contribution in [0.2, 0.25) is 0 Å². The van der Waals surface area contributed by atoms with Gasteiger partial charge >= 0.3 is 0 Å². The van der Waals surface area contributed by atoms with Gasteiger partial charge in [0.15, 0.2) is 29.1 Å². The highest BCUT2D eigenvalue weighted by molar-refractivity contribution is 6.11. The van der Waals surface area contributed by atoms with Gasteiger partial charge in [0, 0.05) is 84.0 Å². The average molecular weight is 846 g/mol. The number of carbonyl (C=O) groups excluding carboxylic acids is 4. The van der Waals surface area contributed by atoms with Gasteiger partial charge in [0.05, 0.1) is 0 Å². The van der Waals surface area contributed by atoms with E-state index in [4.69, 9.17) is 29.9 Å². The SMILES string of the molecule is C=C(C)C(=O)Cc1ccc2c(c1)-c1nc-2nc2[nH]c(nc3nc(nc4[nH]c(n1)c1ccc(NC(=O)C(=C)C)cc41)-c1ccc(NC(=O)C(=C)C)cc1-3)c1ccc(NC(=O)C(=C)C)cc21. The molecule has 3 amide bonds. The van der Waals surface area contributed by atoms with Gasteiger partial charge in [-0.2, -0.15) is 0 Å². The molecule has 5 N–H and O–H groups in total. The molecule has 0 fully saturated rings. The van der Waals surface area contributed by atoms with E-state index in [9.17, 15) is 19.2 Å². The molecule has 0 radical (unpaired) electrons. The van der Waals surface area contributed by atoms with E-state index >= 15 is 0 Å². The lowest BCUT2D eigenvalue weighted by molar-refractivity contribution is -0.115. The number of allylic oxidation sites excluding steroid dienone is 1. The van der Waals surface area contributed by atoms with Crippen molar-refractivity contribution in [3.05, 3.63) is 127 Å². The summed E-state index contributed by atoms with van der Waals surface area (Å²) < 4.78 is 0. The van der Waals surface area contributed by atoms with Crippen molar-refractivity contribution < 1.29 is 19.2 Å². The first kappa shape index (κ1) is 40.7. The summed E-state index contributed by atoms with van der Waals surface area (Å²) >= 11 is 0. The minimum absolute atomic E-state index is 0.0999. The maximum Gasteiger partial charge on any atom is 0.250 e. The lowest BCUT2D eigenvalue weighted by Crippen LogP contribution is -2.11. The van der Waals surface area contributed by atoms with Crippen LogP contribution in [-0.4, -0.2) is 63.4 Å². The van der Waals surface area contributed by atoms with E-state index in [1.165, 1.54) is 0 Å². The molecule has 0 saturated heterocycles. The second-order valence-corrected chi connectivity index (χ2v) is 15.9. The van der Waals surface area contributed by atoms with E-state index in [0.717, 1.165) is 5.56 Å². The molecule has 2 aliphatic rings. The number of anilines is 3. The maximum atomic E-state index is 12.8. The Kier molecular flexibility index (Phi) is 9.94. The number of benzene rings is 4. The summed E-state index contributed by atoms with van der Waals surface area (Å²) in [6, 6.07) is 21.7. The first-order valence-corrected chi connectivity index (χ1v) is 20.1. The van der Waals surface area contributed by atoms with Crippen LogP contribution in [0.4, 0.5) is 17.1 Å². The van der Waals surface area contributed by atoms with Gasteiger partial charge in [0.1, 0.15) is 22.6 Å². The predicted octanol–water partition coefficient (Wildman–Crippen LogP) is 9.10. The lowest BCUT2D eigenvalue weighted by atomic mass is 10.00. The summed E-state index contributed by atoms with van der Waals surface area (Å²) in [5.41, 5.74) is 7.76. The van der Waals surface area contributed by atoms with Crippen LogP contribution in [0.25, 0.3) is 89.7 Å². The molecule has 0 atom stereocenters. The number of hydrogen-bond acceptors (Lipinski definition) is 10. The van der Waals surface area contributed by atoms with Crippen molar-refractivity contribution in [2.45, 2.75) is 34.1 Å². The zero-order chi connectivity index (χ0) is 45.1. The molecule has 7 aromatic rings. The molecule has 15 nitrogen and oxygen atoms in total. The number of Topliss-reactive ketones (excluding diaryl/α,β-unsaturated/α-hetero) is 1. The van der Waals surface area contributed by atoms with E-state index in [0.29, 0.717) is 123 Å². The fourth-order valence-electron chi connectivity index (χ4n) is 7.23. The van der Waals surface area contributed by atoms with Crippen molar-refractivity contribution in [2.24, 2.45) is 0 Å². The number of fused-ring (bicyclic) bond motifs is 20. The topological polar surface area (TPSA) is 213 Å². The molecular formula is C49H39N11O4. The van der Waals surface area contributed by atoms with Crippen LogP contribution in [0.5, 0.6) is 0 Å². The summed E-state index contributed by atoms with van der Waals surface area (Å²) in [5.74, 6) is 0.106. The number of nitrogens with zero attached hydrogens (tertiary/aromatic N) is 6. The quantitative estimate of drug-likeness (QED) is 0.0869. The number of H-pyrrole nitrogens is 2. The van der Waals surface area contributed by atoms with Crippen LogP contribution >= 0.6 is 0 Å². The lowest BCUT2D eigenvalue weighted by Gasteiger charge is -2.07. The molecule has 0 spiro atoms. The van der Waals surface area contributed by atoms with Crippen molar-refractivity contribution in [3.8, 4) is 45.6 Å². The molecule has 314 valence electrons. The van der Waals surface area contributed by atoms with Gasteiger partial charge in [-0.3, -0.25) is 19.2 Å². The van der Waals surface area contributed by atoms with Gasteiger partial charge in [-0.1, -0.05) is 38.4 Å². The Bertz CT molecular complexity index is 3270. The number of ketones is 1. The van der Waals surface area contributed by atoms with Gasteiger partial charge in [-0.25, -0.2) is 29.9 Å². The zero-order valence-electron chi connectivity index (χ0n) is 35.3. The Morgan fingerprint density at radius 1 is 0.438 bits per heavy atom. The molecule has 2 aliphatic heterocycles. The number of hydrogen-bond donors (Lipinski definition) is 5. The molecule has 3 aromatic heterocycles. The van der Waals surface area contributed by atoms with E-state index in [1.807, 2.05) is 30.3 Å². The normalized spacial score (nSPS) is 11.4. The van der Waals surface area contributed by atoms with Crippen LogP contribution in [0, 0.1) is 0 Å². The van der Waals surface area contributed by atoms with E-state index in [2.05, 4.69) is 52.2 Å². The van der Waals surface area contributed by atoms with Gasteiger partial charge in [0.25, 0.3) is 17.7 Å². The van der Waals surface area contributed by atoms with Crippen LogP contribution in [0.1, 0.15) is 33.3 Å². The summed E-state index contributed by atoms with van der Waals surface area (Å²) in [5, 5.41) is 11.2. The standard InChI is InChI=1S/C49H39N11O4/c1-22(2)38(61)18-26-9-13-30-34(17-26)43-53-39(30)55-44-36-20-28(51-48(63)24(5)6)11-15-32(36)41(57-44)59-46-37-21-29(52-49(64)25(7)8)12-16-33(37)42(60-46)58-45-35-19-27(50-47(62)23(3)4)10-14-31(35)40(54-43)56-45/h9-17,19-21H,1,3,5,7,18H2,2,4,6,8H3,(H,50,62)(H,51,63)(H,52,64)(H2,53,54,55,56,57,58,59,60). The van der Waals surface area contributed by atoms with Crippen LogP contribution in [0.15, 0.2) is 121 Å². The highest BCUT2D eigenvalue weighted by atomic mass is 16.2. The second-order valence-electron chi connectivity index (χ2n) is 15.9. The minimum Gasteiger partial charge on any atom is -0.324 e. The molecule has 4 aromatic carbocycles. The third-order valence-corrected chi connectivity index (χ3v) is 10.7. The second kappa shape index (κ2) is 15.6. The Morgan fingerprint density at radius 2 is 0.812 bits per heavy atom. The summed E-state index contributed by atoms with van der Waals surface area (Å²) in [6.45, 7) is 21.7. The number of rotatable bonds is 9. The number of nitrogens with one attached hydrogen (secondary N) is 5. The van der Waals surface area contributed by atoms with Crippen LogP contribution in [-0.2, 0) is 25.6 Å². The van der Waals surface area contributed by atoms with Crippen molar-refractivity contribution in [2.75, 3.05) is 16.0 Å². The smallest absolute Gasteiger partial charge is 0.250 e. The fraction of sp³-hybridized carbons (Fsp3) is 0.102. The summed E-state index contributed by atoms with van der Waals surface area (Å²) in [6.07, 6.45) is 0.129. The van der Waals surface area contributed by atoms with Gasteiger partial charge in [-0.15, -0.1) is 0 Å². The van der Waals surface area contributed by atoms with E-state index < -0.39 is 0 Å². The highest BCUT2D eigenvalue weighted by Gasteiger charge is 2.24. The number of aromatic nitrogens is 8. The molecule has 0 aliphatic carbocycles. The van der Waals surface area contributed by atoms with Crippen molar-refractivity contribution in [3.63, 3.8) is 0 Å². The third kappa shape index (κ3) is 7.51. The van der Waals surface area contributed by atoms with E-state index in [1.54, 1.807) is 70.2 Å². The Labute approximate surface area is 365 Å². The third-order valence-electron chi connectivity index (χ3n) is 10.7. The molecule has 0 unspecified atom stereocenters. The Morgan fingerprint density at radius 3 is 1.25 bits per heavy atom. The minimum atomic E-state index is -0.346. The number of aromatic amines is 2. The van der Waals surface area contributed by atoms with Crippen molar-refractivity contribution >= 4 is 84.7 Å². The highest BCUT2D eigenvalue weighted by Crippen LogP contribution is 2.39. The van der Waals surface area contributed by atoms with Crippen LogP contribution in [0.3, 0.4) is 0 Å². The maximum absolute atomic E-state index is 12.8. The zero-order valence-corrected chi connectivity index (χ0v) is 35.3. The van der Waals surface area contributed by atoms with E-state index in [-0.39, 0.29) is 35.8 Å². The average Bonchev–Trinajstić information content (AvgIpc) is 3.98. The largest absolute Gasteiger partial charge is 0.324 e. The number of carbonyl (C=O) groups is 4. The molecular weight excluding hydrogens is 807 g/mol. The van der Waals surface area contributed by atoms with Gasteiger partial charge < -0.3 is 25.9 Å². The fourth-order valence-corrected chi connectivity index (χ4v) is 7.23. The molecule has 0 saturated carbocycles.